The standard InChI is InChI=1S/C15H13BrClF/c1-10-8-12(16)6-7-13(10)14(17)9-11-4-2-3-5-15(11)18/h2-8,14H,9H2,1H3. The van der Waals surface area contributed by atoms with Gasteiger partial charge in [-0.05, 0) is 48.2 Å². The van der Waals surface area contributed by atoms with Crippen LogP contribution in [0.15, 0.2) is 46.9 Å². The van der Waals surface area contributed by atoms with Crippen LogP contribution in [0.5, 0.6) is 0 Å². The van der Waals surface area contributed by atoms with Gasteiger partial charge in [0.2, 0.25) is 0 Å². The molecule has 0 bridgehead atoms. The highest BCUT2D eigenvalue weighted by Gasteiger charge is 2.13. The Hall–Kier alpha value is -0.860. The predicted octanol–water partition coefficient (Wildman–Crippen LogP) is 5.42. The van der Waals surface area contributed by atoms with Crippen molar-refractivity contribution in [2.75, 3.05) is 0 Å². The lowest BCUT2D eigenvalue weighted by atomic mass is 10.00. The zero-order valence-electron chi connectivity index (χ0n) is 9.96. The van der Waals surface area contributed by atoms with Crippen molar-refractivity contribution in [3.8, 4) is 0 Å². The van der Waals surface area contributed by atoms with Crippen LogP contribution in [0, 0.1) is 12.7 Å². The zero-order chi connectivity index (χ0) is 13.1. The van der Waals surface area contributed by atoms with Gasteiger partial charge in [0.05, 0.1) is 5.38 Å². The first-order valence-corrected chi connectivity index (χ1v) is 6.94. The smallest absolute Gasteiger partial charge is 0.126 e. The number of alkyl halides is 1. The highest BCUT2D eigenvalue weighted by atomic mass is 79.9. The van der Waals surface area contributed by atoms with E-state index >= 15 is 0 Å². The van der Waals surface area contributed by atoms with Crippen molar-refractivity contribution in [3.63, 3.8) is 0 Å². The Morgan fingerprint density at radius 3 is 2.61 bits per heavy atom. The van der Waals surface area contributed by atoms with Gasteiger partial charge in [0, 0.05) is 4.47 Å². The van der Waals surface area contributed by atoms with Crippen LogP contribution in [-0.2, 0) is 6.42 Å². The summed E-state index contributed by atoms with van der Waals surface area (Å²) in [5.41, 5.74) is 2.81. The van der Waals surface area contributed by atoms with Crippen molar-refractivity contribution in [1.29, 1.82) is 0 Å². The number of benzene rings is 2. The summed E-state index contributed by atoms with van der Waals surface area (Å²) in [5, 5.41) is -0.213. The topological polar surface area (TPSA) is 0 Å². The van der Waals surface area contributed by atoms with Gasteiger partial charge in [-0.2, -0.15) is 0 Å². The van der Waals surface area contributed by atoms with Crippen LogP contribution in [0.3, 0.4) is 0 Å². The van der Waals surface area contributed by atoms with Crippen LogP contribution in [0.25, 0.3) is 0 Å². The summed E-state index contributed by atoms with van der Waals surface area (Å²) in [4.78, 5) is 0. The molecule has 3 heteroatoms. The Kier molecular flexibility index (Phi) is 4.41. The highest BCUT2D eigenvalue weighted by Crippen LogP contribution is 2.29. The van der Waals surface area contributed by atoms with E-state index in [2.05, 4.69) is 15.9 Å². The minimum Gasteiger partial charge on any atom is -0.207 e. The molecule has 0 heterocycles. The second-order valence-electron chi connectivity index (χ2n) is 4.26. The third-order valence-electron chi connectivity index (χ3n) is 2.93. The molecule has 2 aromatic carbocycles. The minimum absolute atomic E-state index is 0.196. The molecule has 18 heavy (non-hydrogen) atoms. The number of aryl methyl sites for hydroxylation is 1. The van der Waals surface area contributed by atoms with Gasteiger partial charge in [0.25, 0.3) is 0 Å². The molecule has 2 aromatic rings. The van der Waals surface area contributed by atoms with Crippen molar-refractivity contribution in [2.24, 2.45) is 0 Å². The van der Waals surface area contributed by atoms with E-state index in [-0.39, 0.29) is 11.2 Å². The number of rotatable bonds is 3. The molecule has 1 unspecified atom stereocenters. The second-order valence-corrected chi connectivity index (χ2v) is 5.71. The Balaban J connectivity index is 2.22. The second kappa shape index (κ2) is 5.85. The van der Waals surface area contributed by atoms with Crippen LogP contribution < -0.4 is 0 Å². The van der Waals surface area contributed by atoms with E-state index in [1.165, 1.54) is 6.07 Å². The normalized spacial score (nSPS) is 12.4. The molecule has 0 saturated heterocycles. The number of hydrogen-bond acceptors (Lipinski definition) is 0. The molecule has 1 atom stereocenters. The summed E-state index contributed by atoms with van der Waals surface area (Å²) in [6, 6.07) is 12.7. The summed E-state index contributed by atoms with van der Waals surface area (Å²) in [6.07, 6.45) is 0.497. The van der Waals surface area contributed by atoms with Crippen molar-refractivity contribution in [3.05, 3.63) is 69.4 Å². The van der Waals surface area contributed by atoms with Gasteiger partial charge in [0.1, 0.15) is 5.82 Å². The average Bonchev–Trinajstić information content (AvgIpc) is 2.32. The van der Waals surface area contributed by atoms with Gasteiger partial charge in [-0.25, -0.2) is 4.39 Å². The molecule has 94 valence electrons. The van der Waals surface area contributed by atoms with Gasteiger partial charge in [-0.1, -0.05) is 40.2 Å². The monoisotopic (exact) mass is 326 g/mol. The van der Waals surface area contributed by atoms with Gasteiger partial charge in [-0.15, -0.1) is 11.6 Å². The lowest BCUT2D eigenvalue weighted by Crippen LogP contribution is -2.00. The van der Waals surface area contributed by atoms with Crippen molar-refractivity contribution in [2.45, 2.75) is 18.7 Å². The summed E-state index contributed by atoms with van der Waals surface area (Å²) in [7, 11) is 0. The van der Waals surface area contributed by atoms with Crippen LogP contribution in [0.1, 0.15) is 22.1 Å². The maximum absolute atomic E-state index is 13.6. The highest BCUT2D eigenvalue weighted by molar-refractivity contribution is 9.10. The molecule has 0 radical (unpaired) electrons. The van der Waals surface area contributed by atoms with Crippen molar-refractivity contribution < 1.29 is 4.39 Å². The summed E-state index contributed by atoms with van der Waals surface area (Å²) in [6.45, 7) is 2.01. The SMILES string of the molecule is Cc1cc(Br)ccc1C(Cl)Cc1ccccc1F. The Morgan fingerprint density at radius 2 is 1.94 bits per heavy atom. The van der Waals surface area contributed by atoms with E-state index in [1.807, 2.05) is 31.2 Å². The quantitative estimate of drug-likeness (QED) is 0.660. The molecule has 0 aromatic heterocycles. The molecule has 0 spiro atoms. The van der Waals surface area contributed by atoms with E-state index in [0.717, 1.165) is 15.6 Å². The Bertz CT molecular complexity index is 554. The first kappa shape index (κ1) is 13.6. The zero-order valence-corrected chi connectivity index (χ0v) is 12.3. The molecule has 0 amide bonds. The number of halogens is 3. The molecule has 2 rings (SSSR count). The third kappa shape index (κ3) is 3.12. The van der Waals surface area contributed by atoms with Crippen LogP contribution in [0.4, 0.5) is 4.39 Å². The molecule has 0 saturated carbocycles. The van der Waals surface area contributed by atoms with E-state index in [1.54, 1.807) is 12.1 Å². The van der Waals surface area contributed by atoms with E-state index < -0.39 is 0 Å². The van der Waals surface area contributed by atoms with E-state index in [4.69, 9.17) is 11.6 Å². The van der Waals surface area contributed by atoms with Gasteiger partial charge >= 0.3 is 0 Å². The van der Waals surface area contributed by atoms with Gasteiger partial charge in [-0.3, -0.25) is 0 Å². The van der Waals surface area contributed by atoms with Crippen molar-refractivity contribution >= 4 is 27.5 Å². The molecule has 0 aliphatic heterocycles. The minimum atomic E-state index is -0.213. The molecule has 0 fully saturated rings. The first-order chi connectivity index (χ1) is 8.58. The fourth-order valence-electron chi connectivity index (χ4n) is 1.96. The molecule has 0 nitrogen and oxygen atoms in total. The molecule has 0 aliphatic rings. The van der Waals surface area contributed by atoms with Crippen molar-refractivity contribution in [1.82, 2.24) is 0 Å². The van der Waals surface area contributed by atoms with Crippen LogP contribution in [0.2, 0.25) is 0 Å². The predicted molar refractivity (Wildman–Crippen MR) is 77.6 cm³/mol. The maximum atomic E-state index is 13.6. The average molecular weight is 328 g/mol. The molecule has 0 aliphatic carbocycles. The number of hydrogen-bond donors (Lipinski definition) is 0. The summed E-state index contributed by atoms with van der Waals surface area (Å²) >= 11 is 9.81. The lowest BCUT2D eigenvalue weighted by molar-refractivity contribution is 0.607. The summed E-state index contributed by atoms with van der Waals surface area (Å²) in [5.74, 6) is -0.196. The van der Waals surface area contributed by atoms with Crippen LogP contribution >= 0.6 is 27.5 Å². The fraction of sp³-hybridized carbons (Fsp3) is 0.200. The van der Waals surface area contributed by atoms with Crippen LogP contribution in [-0.4, -0.2) is 0 Å². The summed E-state index contributed by atoms with van der Waals surface area (Å²) < 4.78 is 14.6. The Morgan fingerprint density at radius 1 is 1.22 bits per heavy atom. The third-order valence-corrected chi connectivity index (χ3v) is 3.81. The molecular formula is C15H13BrClF. The van der Waals surface area contributed by atoms with Gasteiger partial charge < -0.3 is 0 Å². The Labute approximate surface area is 120 Å². The first-order valence-electron chi connectivity index (χ1n) is 5.71. The lowest BCUT2D eigenvalue weighted by Gasteiger charge is -2.13. The maximum Gasteiger partial charge on any atom is 0.126 e. The van der Waals surface area contributed by atoms with E-state index in [0.29, 0.717) is 12.0 Å². The van der Waals surface area contributed by atoms with Gasteiger partial charge in [0.15, 0.2) is 0 Å². The largest absolute Gasteiger partial charge is 0.207 e. The molecule has 0 N–H and O–H groups in total. The fourth-order valence-corrected chi connectivity index (χ4v) is 2.84. The van der Waals surface area contributed by atoms with E-state index in [9.17, 15) is 4.39 Å². The molecular weight excluding hydrogens is 315 g/mol.